The molecule has 1 aliphatic rings. The molecule has 3 rings (SSSR count). The number of nitrogens with zero attached hydrogens (tertiary/aromatic N) is 2. The molecule has 0 saturated carbocycles. The highest BCUT2D eigenvalue weighted by molar-refractivity contribution is 5.94. The number of methoxy groups -OCH3 is 1. The molecule has 0 bridgehead atoms. The van der Waals surface area contributed by atoms with Crippen LogP contribution in [-0.4, -0.2) is 53.2 Å². The van der Waals surface area contributed by atoms with Gasteiger partial charge in [-0.15, -0.1) is 0 Å². The number of carbonyl (C=O) groups excluding carboxylic acids is 2. The minimum Gasteiger partial charge on any atom is -0.497 e. The standard InChI is InChI=1S/C18H20N4O4/c1-26-14-4-2-12(3-5-14)18(25)22-10-8-13(9-11-22)19-17(24)15-6-7-16(23)21-20-15/h2-7,13H,8-11H2,1H3,(H,19,24)(H,21,23). The number of benzene rings is 1. The monoisotopic (exact) mass is 356 g/mol. The zero-order valence-electron chi connectivity index (χ0n) is 14.4. The van der Waals surface area contributed by atoms with E-state index in [4.69, 9.17) is 4.74 Å². The number of aromatic amines is 1. The topological polar surface area (TPSA) is 104 Å². The van der Waals surface area contributed by atoms with Crippen molar-refractivity contribution in [3.05, 3.63) is 58.0 Å². The molecule has 1 aromatic heterocycles. The number of carbonyl (C=O) groups is 2. The Morgan fingerprint density at radius 3 is 2.42 bits per heavy atom. The number of aromatic nitrogens is 2. The van der Waals surface area contributed by atoms with Gasteiger partial charge in [-0.1, -0.05) is 0 Å². The number of hydrogen-bond donors (Lipinski definition) is 2. The second-order valence-electron chi connectivity index (χ2n) is 6.07. The predicted molar refractivity (Wildman–Crippen MR) is 94.2 cm³/mol. The number of piperidine rings is 1. The lowest BCUT2D eigenvalue weighted by molar-refractivity contribution is 0.0697. The average molecular weight is 356 g/mol. The van der Waals surface area contributed by atoms with Crippen LogP contribution in [0.4, 0.5) is 0 Å². The molecule has 26 heavy (non-hydrogen) atoms. The summed E-state index contributed by atoms with van der Waals surface area (Å²) in [5.41, 5.74) is 0.430. The van der Waals surface area contributed by atoms with Crippen LogP contribution in [0.25, 0.3) is 0 Å². The van der Waals surface area contributed by atoms with Crippen molar-refractivity contribution in [2.45, 2.75) is 18.9 Å². The fourth-order valence-corrected chi connectivity index (χ4v) is 2.87. The minimum atomic E-state index is -0.355. The number of likely N-dealkylation sites (tertiary alicyclic amines) is 1. The molecule has 1 saturated heterocycles. The van der Waals surface area contributed by atoms with Crippen molar-refractivity contribution in [1.29, 1.82) is 0 Å². The maximum absolute atomic E-state index is 12.5. The smallest absolute Gasteiger partial charge is 0.271 e. The number of amides is 2. The number of hydrogen-bond acceptors (Lipinski definition) is 5. The van der Waals surface area contributed by atoms with E-state index in [1.54, 1.807) is 36.3 Å². The lowest BCUT2D eigenvalue weighted by atomic mass is 10.0. The predicted octanol–water partition coefficient (Wildman–Crippen LogP) is 0.813. The van der Waals surface area contributed by atoms with Crippen LogP contribution >= 0.6 is 0 Å². The van der Waals surface area contributed by atoms with E-state index in [1.165, 1.54) is 12.1 Å². The normalized spacial score (nSPS) is 14.7. The van der Waals surface area contributed by atoms with Crippen LogP contribution in [-0.2, 0) is 0 Å². The summed E-state index contributed by atoms with van der Waals surface area (Å²) < 4.78 is 5.10. The number of rotatable bonds is 4. The maximum atomic E-state index is 12.5. The summed E-state index contributed by atoms with van der Waals surface area (Å²) >= 11 is 0. The molecule has 8 nitrogen and oxygen atoms in total. The third-order valence-corrected chi connectivity index (χ3v) is 4.37. The third-order valence-electron chi connectivity index (χ3n) is 4.37. The van der Waals surface area contributed by atoms with E-state index in [1.807, 2.05) is 0 Å². The molecule has 136 valence electrons. The SMILES string of the molecule is COc1ccc(C(=O)N2CCC(NC(=O)c3ccc(=O)[nH]n3)CC2)cc1. The average Bonchev–Trinajstić information content (AvgIpc) is 2.68. The summed E-state index contributed by atoms with van der Waals surface area (Å²) in [7, 11) is 1.58. The molecule has 8 heteroatoms. The van der Waals surface area contributed by atoms with E-state index in [-0.39, 0.29) is 29.1 Å². The Bertz CT molecular complexity index is 819. The molecule has 2 heterocycles. The van der Waals surface area contributed by atoms with E-state index in [0.29, 0.717) is 37.2 Å². The molecule has 0 radical (unpaired) electrons. The van der Waals surface area contributed by atoms with Crippen LogP contribution in [0.1, 0.15) is 33.7 Å². The largest absolute Gasteiger partial charge is 0.497 e. The first kappa shape index (κ1) is 17.7. The molecule has 0 aliphatic carbocycles. The highest BCUT2D eigenvalue weighted by Crippen LogP contribution is 2.17. The Morgan fingerprint density at radius 1 is 1.15 bits per heavy atom. The molecular formula is C18H20N4O4. The molecule has 1 aliphatic heterocycles. The Kier molecular flexibility index (Phi) is 5.31. The van der Waals surface area contributed by atoms with Gasteiger partial charge in [-0.05, 0) is 43.2 Å². The lowest BCUT2D eigenvalue weighted by Gasteiger charge is -2.32. The summed E-state index contributed by atoms with van der Waals surface area (Å²) in [4.78, 5) is 37.4. The Hall–Kier alpha value is -3.16. The van der Waals surface area contributed by atoms with Gasteiger partial charge in [0.1, 0.15) is 11.4 Å². The van der Waals surface area contributed by atoms with E-state index in [9.17, 15) is 14.4 Å². The summed E-state index contributed by atoms with van der Waals surface area (Å²) in [6, 6.07) is 9.63. The van der Waals surface area contributed by atoms with Crippen molar-refractivity contribution < 1.29 is 14.3 Å². The fourth-order valence-electron chi connectivity index (χ4n) is 2.87. The summed E-state index contributed by atoms with van der Waals surface area (Å²) in [6.45, 7) is 1.13. The number of nitrogens with one attached hydrogen (secondary N) is 2. The lowest BCUT2D eigenvalue weighted by Crippen LogP contribution is -2.46. The van der Waals surface area contributed by atoms with Gasteiger partial charge in [0.05, 0.1) is 7.11 Å². The second kappa shape index (κ2) is 7.81. The summed E-state index contributed by atoms with van der Waals surface area (Å²) in [5.74, 6) is 0.347. The van der Waals surface area contributed by atoms with Gasteiger partial charge in [0.15, 0.2) is 0 Å². The van der Waals surface area contributed by atoms with Crippen LogP contribution in [0, 0.1) is 0 Å². The maximum Gasteiger partial charge on any atom is 0.271 e. The van der Waals surface area contributed by atoms with Crippen molar-refractivity contribution in [1.82, 2.24) is 20.4 Å². The molecule has 0 spiro atoms. The van der Waals surface area contributed by atoms with E-state index < -0.39 is 0 Å². The van der Waals surface area contributed by atoms with Gasteiger partial charge < -0.3 is 15.0 Å². The van der Waals surface area contributed by atoms with Crippen LogP contribution in [0.15, 0.2) is 41.2 Å². The number of ether oxygens (including phenoxy) is 1. The van der Waals surface area contributed by atoms with Crippen molar-refractivity contribution in [2.24, 2.45) is 0 Å². The Balaban J connectivity index is 1.53. The molecular weight excluding hydrogens is 336 g/mol. The molecule has 1 fully saturated rings. The molecule has 1 aromatic carbocycles. The zero-order chi connectivity index (χ0) is 18.5. The van der Waals surface area contributed by atoms with Crippen molar-refractivity contribution in [2.75, 3.05) is 20.2 Å². The first-order chi connectivity index (χ1) is 12.6. The van der Waals surface area contributed by atoms with Crippen LogP contribution < -0.4 is 15.6 Å². The zero-order valence-corrected chi connectivity index (χ0v) is 14.4. The van der Waals surface area contributed by atoms with Gasteiger partial charge in [-0.3, -0.25) is 14.4 Å². The van der Waals surface area contributed by atoms with Gasteiger partial charge in [0.25, 0.3) is 17.4 Å². The highest BCUT2D eigenvalue weighted by Gasteiger charge is 2.25. The first-order valence-electron chi connectivity index (χ1n) is 8.37. The van der Waals surface area contributed by atoms with Crippen molar-refractivity contribution >= 4 is 11.8 Å². The van der Waals surface area contributed by atoms with Crippen LogP contribution in [0.5, 0.6) is 5.75 Å². The van der Waals surface area contributed by atoms with Gasteiger partial charge in [0.2, 0.25) is 0 Å². The van der Waals surface area contributed by atoms with E-state index in [0.717, 1.165) is 0 Å². The van der Waals surface area contributed by atoms with E-state index in [2.05, 4.69) is 15.5 Å². The molecule has 0 atom stereocenters. The Labute approximate surface area is 150 Å². The summed E-state index contributed by atoms with van der Waals surface area (Å²) in [5, 5.41) is 8.85. The molecule has 2 amide bonds. The van der Waals surface area contributed by atoms with Gasteiger partial charge in [-0.25, -0.2) is 5.10 Å². The highest BCUT2D eigenvalue weighted by atomic mass is 16.5. The molecule has 0 unspecified atom stereocenters. The Morgan fingerprint density at radius 2 is 1.85 bits per heavy atom. The second-order valence-corrected chi connectivity index (χ2v) is 6.07. The van der Waals surface area contributed by atoms with Gasteiger partial charge in [-0.2, -0.15) is 5.10 Å². The van der Waals surface area contributed by atoms with Crippen molar-refractivity contribution in [3.63, 3.8) is 0 Å². The van der Waals surface area contributed by atoms with Crippen LogP contribution in [0.3, 0.4) is 0 Å². The molecule has 2 N–H and O–H groups in total. The van der Waals surface area contributed by atoms with Crippen molar-refractivity contribution in [3.8, 4) is 5.75 Å². The summed E-state index contributed by atoms with van der Waals surface area (Å²) in [6.07, 6.45) is 1.33. The first-order valence-corrected chi connectivity index (χ1v) is 8.37. The third kappa shape index (κ3) is 4.08. The van der Waals surface area contributed by atoms with E-state index >= 15 is 0 Å². The van der Waals surface area contributed by atoms with Gasteiger partial charge in [0, 0.05) is 30.8 Å². The minimum absolute atomic E-state index is 0.0280. The van der Waals surface area contributed by atoms with Gasteiger partial charge >= 0.3 is 0 Å². The molecule has 2 aromatic rings. The fraction of sp³-hybridized carbons (Fsp3) is 0.333. The number of H-pyrrole nitrogens is 1. The van der Waals surface area contributed by atoms with Crippen LogP contribution in [0.2, 0.25) is 0 Å². The quantitative estimate of drug-likeness (QED) is 0.844.